The number of ether oxygens (including phenoxy) is 1. The summed E-state index contributed by atoms with van der Waals surface area (Å²) in [7, 11) is 1.39. The predicted molar refractivity (Wildman–Crippen MR) is 90.1 cm³/mol. The molecule has 0 unspecified atom stereocenters. The zero-order chi connectivity index (χ0) is 16.9. The molecule has 1 aromatic heterocycles. The largest absolute Gasteiger partial charge is 0.465 e. The molecule has 2 aromatic rings. The maximum atomic E-state index is 11.6. The van der Waals surface area contributed by atoms with Crippen LogP contribution in [-0.2, 0) is 17.7 Å². The number of esters is 1. The van der Waals surface area contributed by atoms with Crippen molar-refractivity contribution in [3.63, 3.8) is 0 Å². The normalized spacial score (nSPS) is 13.3. The first-order valence-corrected chi connectivity index (χ1v) is 7.84. The molecule has 3 rings (SSSR count). The number of fused-ring (bicyclic) bond motifs is 1. The lowest BCUT2D eigenvalue weighted by molar-refractivity contribution is 0.0600. The number of nitrogens with zero attached hydrogens (tertiary/aromatic N) is 3. The Balaban J connectivity index is 1.76. The fourth-order valence-corrected chi connectivity index (χ4v) is 2.77. The second-order valence-corrected chi connectivity index (χ2v) is 5.54. The van der Waals surface area contributed by atoms with Crippen LogP contribution in [0.25, 0.3) is 0 Å². The Morgan fingerprint density at radius 2 is 2.25 bits per heavy atom. The van der Waals surface area contributed by atoms with Gasteiger partial charge in [-0.15, -0.1) is 0 Å². The topological polar surface area (TPSA) is 87.6 Å². The molecule has 126 valence electrons. The number of hydrogen-bond acceptors (Lipinski definition) is 7. The van der Waals surface area contributed by atoms with Gasteiger partial charge in [0.2, 0.25) is 5.95 Å². The molecule has 0 radical (unpaired) electrons. The van der Waals surface area contributed by atoms with Gasteiger partial charge < -0.3 is 20.1 Å². The maximum Gasteiger partial charge on any atom is 0.337 e. The van der Waals surface area contributed by atoms with E-state index in [9.17, 15) is 4.79 Å². The van der Waals surface area contributed by atoms with Gasteiger partial charge in [-0.2, -0.15) is 4.98 Å². The fraction of sp³-hybridized carbons (Fsp3) is 0.353. The minimum absolute atomic E-state index is 0.0349. The summed E-state index contributed by atoms with van der Waals surface area (Å²) in [5.74, 6) is 1.04. The quantitative estimate of drug-likeness (QED) is 0.798. The monoisotopic (exact) mass is 328 g/mol. The number of aromatic nitrogens is 2. The van der Waals surface area contributed by atoms with Gasteiger partial charge in [0.25, 0.3) is 0 Å². The Labute approximate surface area is 140 Å². The van der Waals surface area contributed by atoms with Gasteiger partial charge in [0.1, 0.15) is 5.82 Å². The highest BCUT2D eigenvalue weighted by molar-refractivity contribution is 5.89. The third-order valence-electron chi connectivity index (χ3n) is 4.00. The molecule has 0 aliphatic carbocycles. The van der Waals surface area contributed by atoms with Gasteiger partial charge in [-0.1, -0.05) is 6.07 Å². The van der Waals surface area contributed by atoms with Gasteiger partial charge in [0.15, 0.2) is 0 Å². The number of anilines is 2. The number of aliphatic hydroxyl groups excluding tert-OH is 1. The Bertz CT molecular complexity index is 736. The van der Waals surface area contributed by atoms with E-state index in [-0.39, 0.29) is 12.6 Å². The van der Waals surface area contributed by atoms with E-state index in [2.05, 4.69) is 20.2 Å². The van der Waals surface area contributed by atoms with Gasteiger partial charge in [-0.3, -0.25) is 0 Å². The number of aliphatic hydroxyl groups is 1. The molecule has 0 spiro atoms. The van der Waals surface area contributed by atoms with Crippen molar-refractivity contribution in [3.05, 3.63) is 47.2 Å². The van der Waals surface area contributed by atoms with Crippen molar-refractivity contribution in [2.45, 2.75) is 13.0 Å². The van der Waals surface area contributed by atoms with Crippen molar-refractivity contribution in [2.24, 2.45) is 0 Å². The average Bonchev–Trinajstić information content (AvgIpc) is 2.65. The zero-order valence-corrected chi connectivity index (χ0v) is 13.5. The average molecular weight is 328 g/mol. The van der Waals surface area contributed by atoms with Gasteiger partial charge in [-0.05, 0) is 35.7 Å². The lowest BCUT2D eigenvalue weighted by Gasteiger charge is -2.30. The van der Waals surface area contributed by atoms with Gasteiger partial charge in [0.05, 0.1) is 19.3 Å². The van der Waals surface area contributed by atoms with Gasteiger partial charge in [-0.25, -0.2) is 9.78 Å². The molecule has 1 aromatic carbocycles. The molecule has 1 aliphatic heterocycles. The molecule has 0 amide bonds. The van der Waals surface area contributed by atoms with Crippen molar-refractivity contribution in [3.8, 4) is 0 Å². The molecule has 0 saturated heterocycles. The number of carbonyl (C=O) groups excluding carboxylic acids is 1. The van der Waals surface area contributed by atoms with Crippen LogP contribution in [0.15, 0.2) is 30.5 Å². The summed E-state index contributed by atoms with van der Waals surface area (Å²) in [5, 5.41) is 11.8. The van der Waals surface area contributed by atoms with Crippen LogP contribution in [0, 0.1) is 0 Å². The van der Waals surface area contributed by atoms with Crippen molar-refractivity contribution in [2.75, 3.05) is 37.0 Å². The number of methoxy groups -OCH3 is 1. The first-order valence-electron chi connectivity index (χ1n) is 7.84. The highest BCUT2D eigenvalue weighted by Crippen LogP contribution is 2.24. The summed E-state index contributed by atoms with van der Waals surface area (Å²) in [6.07, 6.45) is 2.54. The number of rotatable bonds is 5. The summed E-state index contributed by atoms with van der Waals surface area (Å²) < 4.78 is 4.77. The van der Waals surface area contributed by atoms with E-state index < -0.39 is 0 Å². The van der Waals surface area contributed by atoms with Crippen LogP contribution in [0.5, 0.6) is 0 Å². The van der Waals surface area contributed by atoms with E-state index in [1.54, 1.807) is 12.3 Å². The van der Waals surface area contributed by atoms with E-state index in [1.165, 1.54) is 18.2 Å². The van der Waals surface area contributed by atoms with Crippen LogP contribution in [-0.4, -0.2) is 47.8 Å². The summed E-state index contributed by atoms with van der Waals surface area (Å²) in [4.78, 5) is 22.4. The molecule has 2 heterocycles. The van der Waals surface area contributed by atoms with Crippen molar-refractivity contribution >= 4 is 17.7 Å². The molecule has 7 heteroatoms. The van der Waals surface area contributed by atoms with E-state index in [0.717, 1.165) is 25.3 Å². The SMILES string of the molecule is COC(=O)c1ccc2c(c1)CCN(c1ccnc(NCCO)n1)C2. The fourth-order valence-electron chi connectivity index (χ4n) is 2.77. The number of nitrogens with one attached hydrogen (secondary N) is 1. The molecular formula is C17H20N4O3. The van der Waals surface area contributed by atoms with Crippen LogP contribution in [0.2, 0.25) is 0 Å². The van der Waals surface area contributed by atoms with E-state index >= 15 is 0 Å². The molecular weight excluding hydrogens is 308 g/mol. The summed E-state index contributed by atoms with van der Waals surface area (Å²) in [6, 6.07) is 7.55. The molecule has 1 aliphatic rings. The van der Waals surface area contributed by atoms with E-state index in [4.69, 9.17) is 9.84 Å². The summed E-state index contributed by atoms with van der Waals surface area (Å²) >= 11 is 0. The molecule has 7 nitrogen and oxygen atoms in total. The third kappa shape index (κ3) is 3.46. The van der Waals surface area contributed by atoms with Gasteiger partial charge in [0, 0.05) is 25.8 Å². The Hall–Kier alpha value is -2.67. The first kappa shape index (κ1) is 16.2. The van der Waals surface area contributed by atoms with Crippen LogP contribution in [0.3, 0.4) is 0 Å². The highest BCUT2D eigenvalue weighted by Gasteiger charge is 2.19. The third-order valence-corrected chi connectivity index (χ3v) is 4.00. The molecule has 0 bridgehead atoms. The van der Waals surface area contributed by atoms with Crippen molar-refractivity contribution < 1.29 is 14.6 Å². The smallest absolute Gasteiger partial charge is 0.337 e. The standard InChI is InChI=1S/C17H20N4O3/c1-24-16(23)13-2-3-14-11-21(8-5-12(14)10-13)15-4-6-18-17(20-15)19-7-9-22/h2-4,6,10,22H,5,7-9,11H2,1H3,(H,18,19,20). The lowest BCUT2D eigenvalue weighted by atomic mass is 9.97. The van der Waals surface area contributed by atoms with E-state index in [1.807, 2.05) is 18.2 Å². The van der Waals surface area contributed by atoms with E-state index in [0.29, 0.717) is 18.1 Å². The minimum atomic E-state index is -0.310. The second kappa shape index (κ2) is 7.27. The van der Waals surface area contributed by atoms with Crippen molar-refractivity contribution in [1.82, 2.24) is 9.97 Å². The summed E-state index contributed by atoms with van der Waals surface area (Å²) in [6.45, 7) is 2.00. The van der Waals surface area contributed by atoms with Crippen LogP contribution in [0.1, 0.15) is 21.5 Å². The molecule has 0 saturated carbocycles. The number of carbonyl (C=O) groups is 1. The van der Waals surface area contributed by atoms with Crippen LogP contribution < -0.4 is 10.2 Å². The molecule has 24 heavy (non-hydrogen) atoms. The lowest BCUT2D eigenvalue weighted by Crippen LogP contribution is -2.31. The van der Waals surface area contributed by atoms with Gasteiger partial charge >= 0.3 is 5.97 Å². The minimum Gasteiger partial charge on any atom is -0.465 e. The molecule has 0 atom stereocenters. The highest BCUT2D eigenvalue weighted by atomic mass is 16.5. The second-order valence-electron chi connectivity index (χ2n) is 5.54. The van der Waals surface area contributed by atoms with Crippen LogP contribution in [0.4, 0.5) is 11.8 Å². The molecule has 2 N–H and O–H groups in total. The first-order chi connectivity index (χ1) is 11.7. The number of hydrogen-bond donors (Lipinski definition) is 2. The Kier molecular flexibility index (Phi) is 4.90. The predicted octanol–water partition coefficient (Wildman–Crippen LogP) is 1.23. The van der Waals surface area contributed by atoms with Crippen LogP contribution >= 0.6 is 0 Å². The van der Waals surface area contributed by atoms with Crippen molar-refractivity contribution in [1.29, 1.82) is 0 Å². The molecule has 0 fully saturated rings. The zero-order valence-electron chi connectivity index (χ0n) is 13.5. The number of benzene rings is 1. The Morgan fingerprint density at radius 1 is 1.38 bits per heavy atom. The summed E-state index contributed by atoms with van der Waals surface area (Å²) in [5.41, 5.74) is 2.93. The maximum absolute atomic E-state index is 11.6. The Morgan fingerprint density at radius 3 is 3.04 bits per heavy atom.